The molecule has 1 rings (SSSR count). The van der Waals surface area contributed by atoms with Gasteiger partial charge in [-0.05, 0) is 18.6 Å². The molecule has 0 spiro atoms. The normalized spacial score (nSPS) is 10.3. The van der Waals surface area contributed by atoms with Crippen LogP contribution in [0.4, 0.5) is 5.69 Å². The van der Waals surface area contributed by atoms with E-state index >= 15 is 0 Å². The molecule has 0 aliphatic carbocycles. The van der Waals surface area contributed by atoms with Crippen molar-refractivity contribution in [2.45, 2.75) is 13.3 Å². The number of ether oxygens (including phenoxy) is 1. The standard InChI is InChI=1S/C12H11NO5/c1-9(14)7-12(15)18-6-5-10-3-2-4-11(8-10)13(16)17/h2-6,8H,7H2,1H3. The Labute approximate surface area is 103 Å². The molecule has 0 radical (unpaired) electrons. The molecule has 0 aliphatic rings. The molecule has 1 aromatic carbocycles. The highest BCUT2D eigenvalue weighted by Gasteiger charge is 2.05. The molecule has 1 aromatic rings. The largest absolute Gasteiger partial charge is 0.434 e. The fraction of sp³-hybridized carbons (Fsp3) is 0.167. The minimum atomic E-state index is -0.663. The van der Waals surface area contributed by atoms with Gasteiger partial charge in [-0.3, -0.25) is 19.7 Å². The molecule has 0 bridgehead atoms. The summed E-state index contributed by atoms with van der Waals surface area (Å²) in [5.41, 5.74) is 0.479. The summed E-state index contributed by atoms with van der Waals surface area (Å²) >= 11 is 0. The molecule has 0 atom stereocenters. The van der Waals surface area contributed by atoms with E-state index in [1.54, 1.807) is 6.07 Å². The Hall–Kier alpha value is -2.50. The fourth-order valence-electron chi connectivity index (χ4n) is 1.18. The number of nitrogens with zero attached hydrogens (tertiary/aromatic N) is 1. The SMILES string of the molecule is CC(=O)CC(=O)OC=Cc1cccc([N+](=O)[O-])c1. The maximum absolute atomic E-state index is 11.0. The van der Waals surface area contributed by atoms with Gasteiger partial charge >= 0.3 is 5.97 Å². The van der Waals surface area contributed by atoms with Crippen LogP contribution in [0.1, 0.15) is 18.9 Å². The molecule has 0 N–H and O–H groups in total. The minimum absolute atomic E-state index is 0.0489. The molecular weight excluding hydrogens is 238 g/mol. The lowest BCUT2D eigenvalue weighted by atomic mass is 10.2. The van der Waals surface area contributed by atoms with Crippen LogP contribution in [0.15, 0.2) is 30.5 Å². The third-order valence-corrected chi connectivity index (χ3v) is 1.93. The summed E-state index contributed by atoms with van der Waals surface area (Å²) in [5.74, 6) is -0.951. The lowest BCUT2D eigenvalue weighted by Gasteiger charge is -1.96. The van der Waals surface area contributed by atoms with Crippen LogP contribution in [0.3, 0.4) is 0 Å². The van der Waals surface area contributed by atoms with Crippen LogP contribution in [0.25, 0.3) is 6.08 Å². The lowest BCUT2D eigenvalue weighted by molar-refractivity contribution is -0.384. The summed E-state index contributed by atoms with van der Waals surface area (Å²) in [6, 6.07) is 5.85. The molecular formula is C12H11NO5. The van der Waals surface area contributed by atoms with Gasteiger partial charge in [-0.1, -0.05) is 12.1 Å². The maximum atomic E-state index is 11.0. The molecule has 94 valence electrons. The summed E-state index contributed by atoms with van der Waals surface area (Å²) in [5, 5.41) is 10.5. The zero-order chi connectivity index (χ0) is 13.5. The highest BCUT2D eigenvalue weighted by Crippen LogP contribution is 2.14. The van der Waals surface area contributed by atoms with Gasteiger partial charge in [0, 0.05) is 12.1 Å². The topological polar surface area (TPSA) is 86.5 Å². The number of carbonyl (C=O) groups excluding carboxylic acids is 2. The molecule has 0 heterocycles. The van der Waals surface area contributed by atoms with E-state index in [1.165, 1.54) is 31.2 Å². The predicted octanol–water partition coefficient (Wildman–Crippen LogP) is 2.09. The molecule has 0 saturated carbocycles. The van der Waals surface area contributed by atoms with Crippen molar-refractivity contribution in [3.05, 3.63) is 46.2 Å². The first kappa shape index (κ1) is 13.6. The number of nitro groups is 1. The van der Waals surface area contributed by atoms with E-state index in [0.717, 1.165) is 6.26 Å². The van der Waals surface area contributed by atoms with Gasteiger partial charge in [0.1, 0.15) is 12.2 Å². The molecule has 0 saturated heterocycles. The molecule has 0 aliphatic heterocycles. The lowest BCUT2D eigenvalue weighted by Crippen LogP contribution is -2.04. The van der Waals surface area contributed by atoms with Gasteiger partial charge in [0.15, 0.2) is 0 Å². The van der Waals surface area contributed by atoms with E-state index < -0.39 is 10.9 Å². The zero-order valence-corrected chi connectivity index (χ0v) is 9.66. The Morgan fingerprint density at radius 2 is 2.17 bits per heavy atom. The number of ketones is 1. The number of rotatable bonds is 5. The van der Waals surface area contributed by atoms with Crippen LogP contribution >= 0.6 is 0 Å². The third kappa shape index (κ3) is 4.56. The first-order valence-electron chi connectivity index (χ1n) is 5.09. The average Bonchev–Trinajstić information content (AvgIpc) is 2.28. The second-order valence-corrected chi connectivity index (χ2v) is 3.52. The Kier molecular flexibility index (Phi) is 4.74. The predicted molar refractivity (Wildman–Crippen MR) is 63.5 cm³/mol. The van der Waals surface area contributed by atoms with Crippen molar-refractivity contribution in [1.82, 2.24) is 0 Å². The maximum Gasteiger partial charge on any atom is 0.318 e. The van der Waals surface area contributed by atoms with Crippen molar-refractivity contribution in [2.75, 3.05) is 0 Å². The van der Waals surface area contributed by atoms with E-state index in [-0.39, 0.29) is 17.9 Å². The Morgan fingerprint density at radius 3 is 2.78 bits per heavy atom. The molecule has 0 fully saturated rings. The zero-order valence-electron chi connectivity index (χ0n) is 9.66. The number of non-ortho nitro benzene ring substituents is 1. The molecule has 6 heteroatoms. The number of esters is 1. The van der Waals surface area contributed by atoms with Crippen molar-refractivity contribution in [3.63, 3.8) is 0 Å². The van der Waals surface area contributed by atoms with Gasteiger partial charge in [-0.15, -0.1) is 0 Å². The van der Waals surface area contributed by atoms with Gasteiger partial charge in [-0.2, -0.15) is 0 Å². The molecule has 18 heavy (non-hydrogen) atoms. The number of hydrogen-bond donors (Lipinski definition) is 0. The van der Waals surface area contributed by atoms with E-state index in [1.807, 2.05) is 0 Å². The number of carbonyl (C=O) groups is 2. The second-order valence-electron chi connectivity index (χ2n) is 3.52. The number of hydrogen-bond acceptors (Lipinski definition) is 5. The number of nitro benzene ring substituents is 1. The van der Waals surface area contributed by atoms with Gasteiger partial charge < -0.3 is 4.74 Å². The quantitative estimate of drug-likeness (QED) is 0.262. The van der Waals surface area contributed by atoms with Crippen LogP contribution < -0.4 is 0 Å². The van der Waals surface area contributed by atoms with Gasteiger partial charge in [-0.25, -0.2) is 0 Å². The van der Waals surface area contributed by atoms with Crippen LogP contribution in [0, 0.1) is 10.1 Å². The summed E-state index contributed by atoms with van der Waals surface area (Å²) in [4.78, 5) is 31.6. The average molecular weight is 249 g/mol. The summed E-state index contributed by atoms with van der Waals surface area (Å²) in [6.45, 7) is 1.28. The van der Waals surface area contributed by atoms with E-state index in [0.29, 0.717) is 5.56 Å². The molecule has 0 unspecified atom stereocenters. The summed E-state index contributed by atoms with van der Waals surface area (Å²) < 4.78 is 4.65. The van der Waals surface area contributed by atoms with Crippen LogP contribution in [0.5, 0.6) is 0 Å². The smallest absolute Gasteiger partial charge is 0.318 e. The molecule has 0 amide bonds. The minimum Gasteiger partial charge on any atom is -0.434 e. The summed E-state index contributed by atoms with van der Waals surface area (Å²) in [7, 11) is 0. The van der Waals surface area contributed by atoms with Crippen molar-refractivity contribution < 1.29 is 19.2 Å². The van der Waals surface area contributed by atoms with Crippen LogP contribution in [-0.4, -0.2) is 16.7 Å². The van der Waals surface area contributed by atoms with Crippen molar-refractivity contribution in [2.24, 2.45) is 0 Å². The first-order valence-corrected chi connectivity index (χ1v) is 5.09. The van der Waals surface area contributed by atoms with Crippen LogP contribution in [0.2, 0.25) is 0 Å². The van der Waals surface area contributed by atoms with Crippen molar-refractivity contribution >= 4 is 23.5 Å². The highest BCUT2D eigenvalue weighted by molar-refractivity contribution is 5.94. The fourth-order valence-corrected chi connectivity index (χ4v) is 1.18. The second kappa shape index (κ2) is 6.29. The Bertz CT molecular complexity index is 507. The molecule has 6 nitrogen and oxygen atoms in total. The van der Waals surface area contributed by atoms with Crippen molar-refractivity contribution in [3.8, 4) is 0 Å². The van der Waals surface area contributed by atoms with Gasteiger partial charge in [0.2, 0.25) is 0 Å². The molecule has 0 aromatic heterocycles. The number of Topliss-reactive ketones (excluding diaryl/α,β-unsaturated/α-hetero) is 1. The van der Waals surface area contributed by atoms with Gasteiger partial charge in [0.05, 0.1) is 11.2 Å². The van der Waals surface area contributed by atoms with Crippen LogP contribution in [-0.2, 0) is 14.3 Å². The van der Waals surface area contributed by atoms with E-state index in [9.17, 15) is 19.7 Å². The van der Waals surface area contributed by atoms with E-state index in [4.69, 9.17) is 0 Å². The Balaban J connectivity index is 2.62. The Morgan fingerprint density at radius 1 is 1.44 bits per heavy atom. The summed E-state index contributed by atoms with van der Waals surface area (Å²) in [6.07, 6.45) is 2.22. The monoisotopic (exact) mass is 249 g/mol. The van der Waals surface area contributed by atoms with E-state index in [2.05, 4.69) is 4.74 Å². The highest BCUT2D eigenvalue weighted by atomic mass is 16.6. The third-order valence-electron chi connectivity index (χ3n) is 1.93. The first-order chi connectivity index (χ1) is 8.49. The van der Waals surface area contributed by atoms with Gasteiger partial charge in [0.25, 0.3) is 5.69 Å². The van der Waals surface area contributed by atoms with Crippen molar-refractivity contribution in [1.29, 1.82) is 0 Å². The number of benzene rings is 1.